The molecule has 1 aliphatic rings. The predicted octanol–water partition coefficient (Wildman–Crippen LogP) is 1.63. The second-order valence-corrected chi connectivity index (χ2v) is 4.03. The van der Waals surface area contributed by atoms with Crippen LogP contribution in [0.4, 0.5) is 0 Å². The fraction of sp³-hybridized carbons (Fsp3) is 1.00. The number of ether oxygens (including phenoxy) is 3. The van der Waals surface area contributed by atoms with Gasteiger partial charge in [0.15, 0.2) is 0 Å². The molecule has 0 amide bonds. The third-order valence-electron chi connectivity index (χ3n) is 2.34. The van der Waals surface area contributed by atoms with Crippen molar-refractivity contribution in [3.05, 3.63) is 0 Å². The van der Waals surface area contributed by atoms with Crippen LogP contribution in [-0.2, 0) is 14.2 Å². The molecule has 0 spiro atoms. The molecular formula is C9H17IO3. The van der Waals surface area contributed by atoms with Gasteiger partial charge in [-0.1, -0.05) is 22.6 Å². The van der Waals surface area contributed by atoms with Gasteiger partial charge in [-0.25, -0.2) is 0 Å². The van der Waals surface area contributed by atoms with Crippen LogP contribution in [0, 0.1) is 0 Å². The first kappa shape index (κ1) is 11.7. The van der Waals surface area contributed by atoms with Gasteiger partial charge in [-0.2, -0.15) is 0 Å². The monoisotopic (exact) mass is 300 g/mol. The lowest BCUT2D eigenvalue weighted by Gasteiger charge is -2.35. The molecule has 0 aliphatic carbocycles. The summed E-state index contributed by atoms with van der Waals surface area (Å²) in [6, 6.07) is 0. The van der Waals surface area contributed by atoms with Crippen molar-refractivity contribution in [2.24, 2.45) is 0 Å². The van der Waals surface area contributed by atoms with Crippen molar-refractivity contribution in [3.8, 4) is 0 Å². The smallest absolute Gasteiger partial charge is 0.0816 e. The minimum Gasteiger partial charge on any atom is -0.382 e. The number of hydrogen-bond donors (Lipinski definition) is 0. The van der Waals surface area contributed by atoms with E-state index in [-0.39, 0.29) is 5.60 Å². The van der Waals surface area contributed by atoms with Gasteiger partial charge in [0.2, 0.25) is 0 Å². The highest BCUT2D eigenvalue weighted by atomic mass is 127. The van der Waals surface area contributed by atoms with E-state index in [4.69, 9.17) is 14.2 Å². The zero-order valence-electron chi connectivity index (χ0n) is 8.05. The fourth-order valence-electron chi connectivity index (χ4n) is 1.40. The van der Waals surface area contributed by atoms with Crippen LogP contribution in [0.2, 0.25) is 0 Å². The van der Waals surface area contributed by atoms with Gasteiger partial charge < -0.3 is 14.2 Å². The number of methoxy groups -OCH3 is 1. The Balaban J connectivity index is 2.29. The molecule has 0 saturated carbocycles. The molecule has 1 fully saturated rings. The molecule has 0 radical (unpaired) electrons. The van der Waals surface area contributed by atoms with Crippen LogP contribution in [0.15, 0.2) is 0 Å². The van der Waals surface area contributed by atoms with Crippen LogP contribution in [0.1, 0.15) is 12.8 Å². The Hall–Kier alpha value is 0.610. The molecule has 0 unspecified atom stereocenters. The van der Waals surface area contributed by atoms with Gasteiger partial charge in [-0.15, -0.1) is 0 Å². The SMILES string of the molecule is COCCOC1(CI)CCOCC1. The van der Waals surface area contributed by atoms with Crippen LogP contribution >= 0.6 is 22.6 Å². The van der Waals surface area contributed by atoms with Gasteiger partial charge in [0.25, 0.3) is 0 Å². The van der Waals surface area contributed by atoms with E-state index in [1.807, 2.05) is 0 Å². The Labute approximate surface area is 93.3 Å². The average Bonchev–Trinajstić information content (AvgIpc) is 2.20. The largest absolute Gasteiger partial charge is 0.382 e. The highest BCUT2D eigenvalue weighted by Crippen LogP contribution is 2.27. The molecule has 0 aromatic heterocycles. The van der Waals surface area contributed by atoms with Crippen molar-refractivity contribution < 1.29 is 14.2 Å². The molecule has 0 N–H and O–H groups in total. The minimum atomic E-state index is 0.0529. The Morgan fingerprint density at radius 3 is 2.54 bits per heavy atom. The van der Waals surface area contributed by atoms with Gasteiger partial charge in [0, 0.05) is 37.6 Å². The summed E-state index contributed by atoms with van der Waals surface area (Å²) in [5, 5.41) is 0. The normalized spacial score (nSPS) is 21.7. The average molecular weight is 300 g/mol. The molecule has 13 heavy (non-hydrogen) atoms. The van der Waals surface area contributed by atoms with Gasteiger partial charge in [-0.3, -0.25) is 0 Å². The summed E-state index contributed by atoms with van der Waals surface area (Å²) in [6.45, 7) is 3.03. The zero-order valence-corrected chi connectivity index (χ0v) is 10.2. The van der Waals surface area contributed by atoms with Crippen molar-refractivity contribution in [2.45, 2.75) is 18.4 Å². The van der Waals surface area contributed by atoms with Crippen LogP contribution < -0.4 is 0 Å². The zero-order chi connectivity index (χ0) is 9.57. The van der Waals surface area contributed by atoms with Crippen LogP contribution in [0.5, 0.6) is 0 Å². The maximum atomic E-state index is 5.85. The second-order valence-electron chi connectivity index (χ2n) is 3.27. The third-order valence-corrected chi connectivity index (χ3v) is 3.73. The first-order valence-corrected chi connectivity index (χ1v) is 6.12. The number of rotatable bonds is 5. The lowest BCUT2D eigenvalue weighted by molar-refractivity contribution is -0.103. The molecule has 0 atom stereocenters. The summed E-state index contributed by atoms with van der Waals surface area (Å²) in [6.07, 6.45) is 2.03. The third kappa shape index (κ3) is 3.69. The summed E-state index contributed by atoms with van der Waals surface area (Å²) in [5.41, 5.74) is 0.0529. The molecular weight excluding hydrogens is 283 g/mol. The van der Waals surface area contributed by atoms with Gasteiger partial charge in [0.05, 0.1) is 18.8 Å². The van der Waals surface area contributed by atoms with Crippen LogP contribution in [0.3, 0.4) is 0 Å². The molecule has 0 aromatic carbocycles. The lowest BCUT2D eigenvalue weighted by atomic mass is 9.97. The maximum absolute atomic E-state index is 5.85. The van der Waals surface area contributed by atoms with Crippen molar-refractivity contribution in [1.29, 1.82) is 0 Å². The van der Waals surface area contributed by atoms with Crippen molar-refractivity contribution >= 4 is 22.6 Å². The van der Waals surface area contributed by atoms with Gasteiger partial charge >= 0.3 is 0 Å². The molecule has 1 rings (SSSR count). The van der Waals surface area contributed by atoms with Gasteiger partial charge in [-0.05, 0) is 0 Å². The number of halogens is 1. The van der Waals surface area contributed by atoms with Gasteiger partial charge in [0.1, 0.15) is 0 Å². The minimum absolute atomic E-state index is 0.0529. The maximum Gasteiger partial charge on any atom is 0.0816 e. The first-order chi connectivity index (χ1) is 6.33. The summed E-state index contributed by atoms with van der Waals surface area (Å²) < 4.78 is 17.2. The molecule has 0 aromatic rings. The summed E-state index contributed by atoms with van der Waals surface area (Å²) in [7, 11) is 1.70. The Morgan fingerprint density at radius 2 is 2.00 bits per heavy atom. The quantitative estimate of drug-likeness (QED) is 0.439. The van der Waals surface area contributed by atoms with E-state index in [0.717, 1.165) is 30.5 Å². The fourth-order valence-corrected chi connectivity index (χ4v) is 2.38. The van der Waals surface area contributed by atoms with E-state index >= 15 is 0 Å². The van der Waals surface area contributed by atoms with Crippen LogP contribution in [0.25, 0.3) is 0 Å². The van der Waals surface area contributed by atoms with E-state index in [2.05, 4.69) is 22.6 Å². The Bertz CT molecular complexity index is 135. The molecule has 4 heteroatoms. The standard InChI is InChI=1S/C9H17IO3/c1-11-6-7-13-9(8-10)2-4-12-5-3-9/h2-8H2,1H3. The molecule has 1 heterocycles. The molecule has 78 valence electrons. The van der Waals surface area contributed by atoms with E-state index in [0.29, 0.717) is 13.2 Å². The number of hydrogen-bond acceptors (Lipinski definition) is 3. The lowest BCUT2D eigenvalue weighted by Crippen LogP contribution is -2.41. The molecule has 0 bridgehead atoms. The van der Waals surface area contributed by atoms with E-state index < -0.39 is 0 Å². The van der Waals surface area contributed by atoms with E-state index in [1.54, 1.807) is 7.11 Å². The summed E-state index contributed by atoms with van der Waals surface area (Å²) in [4.78, 5) is 0. The molecule has 1 saturated heterocycles. The topological polar surface area (TPSA) is 27.7 Å². The van der Waals surface area contributed by atoms with Crippen LogP contribution in [-0.4, -0.2) is 43.6 Å². The van der Waals surface area contributed by atoms with Crippen molar-refractivity contribution in [3.63, 3.8) is 0 Å². The van der Waals surface area contributed by atoms with Crippen molar-refractivity contribution in [1.82, 2.24) is 0 Å². The van der Waals surface area contributed by atoms with E-state index in [9.17, 15) is 0 Å². The number of alkyl halides is 1. The molecule has 3 nitrogen and oxygen atoms in total. The highest BCUT2D eigenvalue weighted by Gasteiger charge is 2.32. The molecule has 1 aliphatic heterocycles. The summed E-state index contributed by atoms with van der Waals surface area (Å²) in [5.74, 6) is 0. The Morgan fingerprint density at radius 1 is 1.31 bits per heavy atom. The predicted molar refractivity (Wildman–Crippen MR) is 59.5 cm³/mol. The second kappa shape index (κ2) is 6.16. The highest BCUT2D eigenvalue weighted by molar-refractivity contribution is 14.1. The van der Waals surface area contributed by atoms with Crippen molar-refractivity contribution in [2.75, 3.05) is 38.0 Å². The first-order valence-electron chi connectivity index (χ1n) is 4.59. The Kier molecular flexibility index (Phi) is 5.54. The van der Waals surface area contributed by atoms with E-state index in [1.165, 1.54) is 0 Å². The summed E-state index contributed by atoms with van der Waals surface area (Å²) >= 11 is 2.39.